The van der Waals surface area contributed by atoms with Crippen LogP contribution in [0.2, 0.25) is 5.02 Å². The summed E-state index contributed by atoms with van der Waals surface area (Å²) in [5.41, 5.74) is 0.175. The first-order valence-corrected chi connectivity index (χ1v) is 7.19. The summed E-state index contributed by atoms with van der Waals surface area (Å²) in [4.78, 5) is 8.18. The SMILES string of the molecule is COc1cc2ncnc(Nc3c(F)cc(Cl)cc3F)c2cc1OC.Cl. The van der Waals surface area contributed by atoms with Crippen molar-refractivity contribution in [1.29, 1.82) is 0 Å². The average molecular weight is 388 g/mol. The summed E-state index contributed by atoms with van der Waals surface area (Å²) in [6.07, 6.45) is 1.28. The van der Waals surface area contributed by atoms with Crippen LogP contribution >= 0.6 is 24.0 Å². The van der Waals surface area contributed by atoms with Crippen molar-refractivity contribution in [2.24, 2.45) is 0 Å². The fraction of sp³-hybridized carbons (Fsp3) is 0.125. The van der Waals surface area contributed by atoms with Gasteiger partial charge in [0.2, 0.25) is 0 Å². The van der Waals surface area contributed by atoms with Gasteiger partial charge in [0, 0.05) is 16.5 Å². The predicted octanol–water partition coefficient (Wildman–Crippen LogP) is 4.74. The van der Waals surface area contributed by atoms with E-state index in [2.05, 4.69) is 15.3 Å². The van der Waals surface area contributed by atoms with Crippen LogP contribution in [0.15, 0.2) is 30.6 Å². The van der Waals surface area contributed by atoms with E-state index in [-0.39, 0.29) is 28.9 Å². The number of benzene rings is 2. The number of halogens is 4. The van der Waals surface area contributed by atoms with Crippen molar-refractivity contribution in [1.82, 2.24) is 9.97 Å². The Kier molecular flexibility index (Phi) is 5.81. The van der Waals surface area contributed by atoms with E-state index in [1.807, 2.05) is 0 Å². The average Bonchev–Trinajstić information content (AvgIpc) is 2.56. The van der Waals surface area contributed by atoms with E-state index in [4.69, 9.17) is 21.1 Å². The van der Waals surface area contributed by atoms with Crippen molar-refractivity contribution in [3.05, 3.63) is 47.2 Å². The Balaban J connectivity index is 0.00000225. The Morgan fingerprint density at radius 1 is 0.960 bits per heavy atom. The molecule has 0 radical (unpaired) electrons. The normalized spacial score (nSPS) is 10.3. The standard InChI is InChI=1S/C16H12ClF2N3O2.ClH/c1-23-13-5-9-12(6-14(13)24-2)20-7-21-16(9)22-15-10(18)3-8(17)4-11(15)19;/h3-7H,1-2H3,(H,20,21,22);1H. The van der Waals surface area contributed by atoms with Gasteiger partial charge >= 0.3 is 0 Å². The van der Waals surface area contributed by atoms with E-state index < -0.39 is 11.6 Å². The lowest BCUT2D eigenvalue weighted by molar-refractivity contribution is 0.356. The number of nitrogens with zero attached hydrogens (tertiary/aromatic N) is 2. The highest BCUT2D eigenvalue weighted by atomic mass is 35.5. The molecular formula is C16H13Cl2F2N3O2. The number of anilines is 2. The molecule has 0 aliphatic heterocycles. The van der Waals surface area contributed by atoms with Crippen LogP contribution in [-0.4, -0.2) is 24.2 Å². The molecule has 5 nitrogen and oxygen atoms in total. The number of hydrogen-bond donors (Lipinski definition) is 1. The highest BCUT2D eigenvalue weighted by Gasteiger charge is 2.15. The summed E-state index contributed by atoms with van der Waals surface area (Å²) in [7, 11) is 2.99. The van der Waals surface area contributed by atoms with Crippen LogP contribution in [0.1, 0.15) is 0 Å². The predicted molar refractivity (Wildman–Crippen MR) is 94.5 cm³/mol. The Bertz CT molecular complexity index is 902. The lowest BCUT2D eigenvalue weighted by Gasteiger charge is -2.13. The molecule has 0 bridgehead atoms. The van der Waals surface area contributed by atoms with Gasteiger partial charge in [-0.25, -0.2) is 18.7 Å². The number of rotatable bonds is 4. The first kappa shape index (κ1) is 19.0. The van der Waals surface area contributed by atoms with E-state index >= 15 is 0 Å². The van der Waals surface area contributed by atoms with Crippen LogP contribution in [0, 0.1) is 11.6 Å². The molecule has 1 heterocycles. The van der Waals surface area contributed by atoms with Crippen LogP contribution in [0.4, 0.5) is 20.3 Å². The van der Waals surface area contributed by atoms with Gasteiger partial charge in [-0.15, -0.1) is 12.4 Å². The zero-order valence-corrected chi connectivity index (χ0v) is 14.7. The highest BCUT2D eigenvalue weighted by molar-refractivity contribution is 6.30. The summed E-state index contributed by atoms with van der Waals surface area (Å²) >= 11 is 5.63. The maximum Gasteiger partial charge on any atom is 0.162 e. The van der Waals surface area contributed by atoms with Crippen molar-refractivity contribution in [2.45, 2.75) is 0 Å². The van der Waals surface area contributed by atoms with Crippen LogP contribution in [0.5, 0.6) is 11.5 Å². The van der Waals surface area contributed by atoms with E-state index in [9.17, 15) is 8.78 Å². The minimum absolute atomic E-state index is 0. The fourth-order valence-electron chi connectivity index (χ4n) is 2.26. The Hall–Kier alpha value is -2.38. The summed E-state index contributed by atoms with van der Waals surface area (Å²) in [5, 5.41) is 3.13. The summed E-state index contributed by atoms with van der Waals surface area (Å²) in [5.74, 6) is -0.501. The molecule has 0 unspecified atom stereocenters. The molecule has 2 aromatic carbocycles. The van der Waals surface area contributed by atoms with Gasteiger partial charge in [0.05, 0.1) is 19.7 Å². The molecule has 0 saturated heterocycles. The molecule has 1 N–H and O–H groups in total. The molecule has 0 amide bonds. The third-order valence-electron chi connectivity index (χ3n) is 3.39. The van der Waals surface area contributed by atoms with E-state index in [1.54, 1.807) is 12.1 Å². The van der Waals surface area contributed by atoms with Crippen molar-refractivity contribution in [3.8, 4) is 11.5 Å². The molecular weight excluding hydrogens is 375 g/mol. The monoisotopic (exact) mass is 387 g/mol. The zero-order valence-electron chi connectivity index (χ0n) is 13.1. The van der Waals surface area contributed by atoms with Gasteiger partial charge in [-0.2, -0.15) is 0 Å². The van der Waals surface area contributed by atoms with Gasteiger partial charge in [-0.05, 0) is 18.2 Å². The third-order valence-corrected chi connectivity index (χ3v) is 3.61. The highest BCUT2D eigenvalue weighted by Crippen LogP contribution is 2.35. The molecule has 1 aromatic heterocycles. The van der Waals surface area contributed by atoms with E-state index in [1.165, 1.54) is 20.5 Å². The van der Waals surface area contributed by atoms with Gasteiger partial charge in [0.1, 0.15) is 17.8 Å². The molecule has 0 atom stereocenters. The minimum atomic E-state index is -0.827. The molecule has 3 rings (SSSR count). The molecule has 132 valence electrons. The lowest BCUT2D eigenvalue weighted by atomic mass is 10.2. The number of aromatic nitrogens is 2. The Morgan fingerprint density at radius 2 is 1.56 bits per heavy atom. The van der Waals surface area contributed by atoms with E-state index in [0.717, 1.165) is 12.1 Å². The molecule has 3 aromatic rings. The van der Waals surface area contributed by atoms with E-state index in [0.29, 0.717) is 22.4 Å². The van der Waals surface area contributed by atoms with Gasteiger partial charge in [0.15, 0.2) is 23.1 Å². The van der Waals surface area contributed by atoms with Crippen LogP contribution in [-0.2, 0) is 0 Å². The third kappa shape index (κ3) is 3.67. The van der Waals surface area contributed by atoms with Crippen molar-refractivity contribution < 1.29 is 18.3 Å². The molecule has 9 heteroatoms. The molecule has 25 heavy (non-hydrogen) atoms. The first-order valence-electron chi connectivity index (χ1n) is 6.81. The van der Waals surface area contributed by atoms with Crippen molar-refractivity contribution >= 4 is 46.4 Å². The van der Waals surface area contributed by atoms with Gasteiger partial charge < -0.3 is 14.8 Å². The molecule has 0 saturated carbocycles. The number of hydrogen-bond acceptors (Lipinski definition) is 5. The van der Waals surface area contributed by atoms with Crippen LogP contribution in [0.25, 0.3) is 10.9 Å². The van der Waals surface area contributed by atoms with Gasteiger partial charge in [-0.1, -0.05) is 11.6 Å². The summed E-state index contributed by atoms with van der Waals surface area (Å²) in [6, 6.07) is 5.30. The Labute approximate surface area is 153 Å². The van der Waals surface area contributed by atoms with Gasteiger partial charge in [-0.3, -0.25) is 0 Å². The number of nitrogens with one attached hydrogen (secondary N) is 1. The van der Waals surface area contributed by atoms with Crippen molar-refractivity contribution in [2.75, 3.05) is 19.5 Å². The summed E-state index contributed by atoms with van der Waals surface area (Å²) in [6.45, 7) is 0. The fourth-order valence-corrected chi connectivity index (χ4v) is 2.45. The lowest BCUT2D eigenvalue weighted by Crippen LogP contribution is -2.01. The second-order valence-electron chi connectivity index (χ2n) is 4.82. The quantitative estimate of drug-likeness (QED) is 0.700. The second kappa shape index (κ2) is 7.67. The number of ether oxygens (including phenoxy) is 2. The Morgan fingerprint density at radius 3 is 2.16 bits per heavy atom. The molecule has 0 fully saturated rings. The minimum Gasteiger partial charge on any atom is -0.493 e. The van der Waals surface area contributed by atoms with Crippen molar-refractivity contribution in [3.63, 3.8) is 0 Å². The number of fused-ring (bicyclic) bond motifs is 1. The topological polar surface area (TPSA) is 56.3 Å². The molecule has 0 aliphatic carbocycles. The molecule has 0 spiro atoms. The maximum atomic E-state index is 14.0. The van der Waals surface area contributed by atoms with Crippen LogP contribution in [0.3, 0.4) is 0 Å². The second-order valence-corrected chi connectivity index (χ2v) is 5.25. The smallest absolute Gasteiger partial charge is 0.162 e. The first-order chi connectivity index (χ1) is 11.5. The van der Waals surface area contributed by atoms with Crippen LogP contribution < -0.4 is 14.8 Å². The largest absolute Gasteiger partial charge is 0.493 e. The van der Waals surface area contributed by atoms with Gasteiger partial charge in [0.25, 0.3) is 0 Å². The summed E-state index contributed by atoms with van der Waals surface area (Å²) < 4.78 is 38.4. The number of methoxy groups -OCH3 is 2. The zero-order chi connectivity index (χ0) is 17.3. The molecule has 0 aliphatic rings. The maximum absolute atomic E-state index is 14.0.